The topological polar surface area (TPSA) is 50.1 Å². The average molecular weight is 197 g/mol. The van der Waals surface area contributed by atoms with Crippen molar-refractivity contribution in [3.63, 3.8) is 0 Å². The van der Waals surface area contributed by atoms with Crippen LogP contribution in [0.4, 0.5) is 0 Å². The molecule has 1 rings (SSSR count). The minimum atomic E-state index is -0.496. The molecular weight excluding hydrogens is 186 g/mol. The molecule has 1 fully saturated rings. The lowest BCUT2D eigenvalue weighted by Gasteiger charge is -2.14. The lowest BCUT2D eigenvalue weighted by Crippen LogP contribution is -2.10. The van der Waals surface area contributed by atoms with Crippen LogP contribution >= 0.6 is 11.8 Å². The number of ether oxygens (including phenoxy) is 1. The highest BCUT2D eigenvalue weighted by atomic mass is 32.2. The Morgan fingerprint density at radius 1 is 1.54 bits per heavy atom. The van der Waals surface area contributed by atoms with Gasteiger partial charge in [0.15, 0.2) is 0 Å². The van der Waals surface area contributed by atoms with Gasteiger partial charge in [-0.1, -0.05) is 0 Å². The van der Waals surface area contributed by atoms with Crippen LogP contribution < -0.4 is 0 Å². The highest BCUT2D eigenvalue weighted by Gasteiger charge is 2.17. The minimum Gasteiger partial charge on any atom is -0.465 e. The molecule has 0 bridgehead atoms. The second-order valence-electron chi connectivity index (χ2n) is 2.69. The largest absolute Gasteiger partial charge is 0.465 e. The monoisotopic (exact) mass is 197 g/mol. The number of nitriles is 1. The Labute approximate surface area is 81.8 Å². The molecule has 0 saturated carbocycles. The van der Waals surface area contributed by atoms with Crippen molar-refractivity contribution in [2.24, 2.45) is 0 Å². The van der Waals surface area contributed by atoms with Gasteiger partial charge in [0.25, 0.3) is 0 Å². The summed E-state index contributed by atoms with van der Waals surface area (Å²) >= 11 is 1.85. The molecule has 1 aliphatic rings. The van der Waals surface area contributed by atoms with Crippen LogP contribution in [0, 0.1) is 11.3 Å². The van der Waals surface area contributed by atoms with Crippen molar-refractivity contribution < 1.29 is 9.53 Å². The molecule has 13 heavy (non-hydrogen) atoms. The first-order chi connectivity index (χ1) is 6.29. The number of rotatable bonds is 1. The van der Waals surface area contributed by atoms with E-state index in [0.29, 0.717) is 0 Å². The Bertz CT molecular complexity index is 270. The summed E-state index contributed by atoms with van der Waals surface area (Å²) < 4.78 is 4.53. The fourth-order valence-electron chi connectivity index (χ4n) is 1.24. The van der Waals surface area contributed by atoms with Crippen LogP contribution in [0.3, 0.4) is 0 Å². The van der Waals surface area contributed by atoms with Crippen LogP contribution in [0.5, 0.6) is 0 Å². The number of methoxy groups -OCH3 is 1. The number of hydrogen-bond acceptors (Lipinski definition) is 4. The summed E-state index contributed by atoms with van der Waals surface area (Å²) in [4.78, 5) is 11.1. The minimum absolute atomic E-state index is 0.211. The molecule has 1 aliphatic heterocycles. The van der Waals surface area contributed by atoms with Crippen LogP contribution in [-0.2, 0) is 9.53 Å². The van der Waals surface area contributed by atoms with Crippen molar-refractivity contribution >= 4 is 17.7 Å². The van der Waals surface area contributed by atoms with Crippen molar-refractivity contribution in [1.82, 2.24) is 0 Å². The normalized spacial score (nSPS) is 16.2. The molecule has 0 N–H and O–H groups in total. The van der Waals surface area contributed by atoms with E-state index in [0.717, 1.165) is 29.9 Å². The first-order valence-corrected chi connectivity index (χ1v) is 5.23. The predicted octanol–water partition coefficient (Wildman–Crippen LogP) is 1.51. The van der Waals surface area contributed by atoms with Crippen molar-refractivity contribution in [1.29, 1.82) is 5.26 Å². The molecule has 1 heterocycles. The molecule has 0 radical (unpaired) electrons. The summed E-state index contributed by atoms with van der Waals surface area (Å²) in [6.45, 7) is 0. The molecule has 0 aromatic rings. The molecule has 0 unspecified atom stereocenters. The lowest BCUT2D eigenvalue weighted by molar-refractivity contribution is -0.135. The van der Waals surface area contributed by atoms with Crippen molar-refractivity contribution in [2.45, 2.75) is 12.8 Å². The molecule has 0 aromatic carbocycles. The average Bonchev–Trinajstić information content (AvgIpc) is 2.20. The highest BCUT2D eigenvalue weighted by molar-refractivity contribution is 7.99. The van der Waals surface area contributed by atoms with Gasteiger partial charge >= 0.3 is 5.97 Å². The van der Waals surface area contributed by atoms with Crippen LogP contribution in [0.2, 0.25) is 0 Å². The third kappa shape index (κ3) is 2.49. The van der Waals surface area contributed by atoms with Gasteiger partial charge in [0.05, 0.1) is 7.11 Å². The standard InChI is InChI=1S/C9H11NO2S/c1-12-9(11)8(6-10)7-2-4-13-5-3-7/h2-5H2,1H3. The first-order valence-electron chi connectivity index (χ1n) is 4.07. The van der Waals surface area contributed by atoms with E-state index in [4.69, 9.17) is 5.26 Å². The quantitative estimate of drug-likeness (QED) is 0.363. The first kappa shape index (κ1) is 10.1. The van der Waals surface area contributed by atoms with Gasteiger partial charge in [-0.3, -0.25) is 0 Å². The van der Waals surface area contributed by atoms with E-state index < -0.39 is 5.97 Å². The van der Waals surface area contributed by atoms with Crippen molar-refractivity contribution in [2.75, 3.05) is 18.6 Å². The molecule has 0 aliphatic carbocycles. The van der Waals surface area contributed by atoms with Crippen molar-refractivity contribution in [3.05, 3.63) is 11.1 Å². The van der Waals surface area contributed by atoms with Gasteiger partial charge in [0.2, 0.25) is 0 Å². The van der Waals surface area contributed by atoms with E-state index in [1.807, 2.05) is 17.8 Å². The zero-order valence-corrected chi connectivity index (χ0v) is 8.32. The number of nitrogens with zero attached hydrogens (tertiary/aromatic N) is 1. The van der Waals surface area contributed by atoms with E-state index >= 15 is 0 Å². The van der Waals surface area contributed by atoms with Crippen LogP contribution in [0.1, 0.15) is 12.8 Å². The van der Waals surface area contributed by atoms with Crippen LogP contribution in [0.25, 0.3) is 0 Å². The van der Waals surface area contributed by atoms with Crippen LogP contribution in [-0.4, -0.2) is 24.6 Å². The molecule has 4 heteroatoms. The van der Waals surface area contributed by atoms with Gasteiger partial charge in [-0.15, -0.1) is 0 Å². The number of thioether (sulfide) groups is 1. The van der Waals surface area contributed by atoms with E-state index in [2.05, 4.69) is 4.74 Å². The van der Waals surface area contributed by atoms with Gasteiger partial charge in [0, 0.05) is 0 Å². The molecule has 0 aromatic heterocycles. The van der Waals surface area contributed by atoms with Gasteiger partial charge in [-0.2, -0.15) is 17.0 Å². The summed E-state index contributed by atoms with van der Waals surface area (Å²) in [6.07, 6.45) is 1.67. The fourth-order valence-corrected chi connectivity index (χ4v) is 2.22. The number of hydrogen-bond donors (Lipinski definition) is 0. The molecule has 70 valence electrons. The Hall–Kier alpha value is -0.950. The van der Waals surface area contributed by atoms with E-state index in [1.165, 1.54) is 7.11 Å². The molecular formula is C9H11NO2S. The third-order valence-electron chi connectivity index (χ3n) is 1.95. The van der Waals surface area contributed by atoms with Gasteiger partial charge < -0.3 is 4.74 Å². The molecule has 0 atom stereocenters. The van der Waals surface area contributed by atoms with Crippen LogP contribution in [0.15, 0.2) is 11.1 Å². The Morgan fingerprint density at radius 3 is 2.62 bits per heavy atom. The summed E-state index contributed by atoms with van der Waals surface area (Å²) in [7, 11) is 1.30. The second kappa shape index (κ2) is 4.93. The smallest absolute Gasteiger partial charge is 0.348 e. The van der Waals surface area contributed by atoms with E-state index in [1.54, 1.807) is 0 Å². The van der Waals surface area contributed by atoms with E-state index in [-0.39, 0.29) is 5.57 Å². The summed E-state index contributed by atoms with van der Waals surface area (Å²) in [5, 5.41) is 8.76. The number of esters is 1. The lowest BCUT2D eigenvalue weighted by atomic mass is 10.0. The Kier molecular flexibility index (Phi) is 3.84. The fraction of sp³-hybridized carbons (Fsp3) is 0.556. The highest BCUT2D eigenvalue weighted by Crippen LogP contribution is 2.24. The maximum absolute atomic E-state index is 11.1. The zero-order valence-electron chi connectivity index (χ0n) is 7.50. The molecule has 0 spiro atoms. The Morgan fingerprint density at radius 2 is 2.15 bits per heavy atom. The third-order valence-corrected chi connectivity index (χ3v) is 2.94. The number of allylic oxidation sites excluding steroid dienone is 1. The summed E-state index contributed by atoms with van der Waals surface area (Å²) in [6, 6.07) is 1.92. The van der Waals surface area contributed by atoms with Gasteiger partial charge in [-0.25, -0.2) is 4.79 Å². The van der Waals surface area contributed by atoms with E-state index in [9.17, 15) is 4.79 Å². The maximum Gasteiger partial charge on any atom is 0.348 e. The zero-order chi connectivity index (χ0) is 9.68. The van der Waals surface area contributed by atoms with Gasteiger partial charge in [-0.05, 0) is 29.9 Å². The predicted molar refractivity (Wildman–Crippen MR) is 51.2 cm³/mol. The SMILES string of the molecule is COC(=O)C(C#N)=C1CCSCC1. The molecule has 0 amide bonds. The summed E-state index contributed by atoms with van der Waals surface area (Å²) in [5.41, 5.74) is 1.16. The maximum atomic E-state index is 11.1. The Balaban J connectivity index is 2.84. The molecule has 1 saturated heterocycles. The molecule has 3 nitrogen and oxygen atoms in total. The number of carbonyl (C=O) groups excluding carboxylic acids is 1. The number of carbonyl (C=O) groups is 1. The second-order valence-corrected chi connectivity index (χ2v) is 3.92. The summed E-state index contributed by atoms with van der Waals surface area (Å²) in [5.74, 6) is 1.50. The van der Waals surface area contributed by atoms with Crippen molar-refractivity contribution in [3.8, 4) is 6.07 Å². The van der Waals surface area contributed by atoms with Gasteiger partial charge in [0.1, 0.15) is 11.6 Å².